The van der Waals surface area contributed by atoms with Crippen LogP contribution in [-0.2, 0) is 10.0 Å². The van der Waals surface area contributed by atoms with Gasteiger partial charge in [-0.25, -0.2) is 13.1 Å². The SMILES string of the molecule is CCC1CCCN(C(=O)c2cccc(S(=O)(=O)NC(C)c3ccccc3)c2)C1. The first kappa shape index (κ1) is 20.6. The van der Waals surface area contributed by atoms with E-state index in [9.17, 15) is 13.2 Å². The summed E-state index contributed by atoms with van der Waals surface area (Å²) in [7, 11) is -3.73. The van der Waals surface area contributed by atoms with Crippen molar-refractivity contribution >= 4 is 15.9 Å². The third-order valence-corrected chi connectivity index (χ3v) is 6.94. The van der Waals surface area contributed by atoms with Crippen LogP contribution in [0.5, 0.6) is 0 Å². The maximum absolute atomic E-state index is 12.9. The lowest BCUT2D eigenvalue weighted by molar-refractivity contribution is 0.0671. The van der Waals surface area contributed by atoms with Crippen LogP contribution in [0.2, 0.25) is 0 Å². The van der Waals surface area contributed by atoms with Gasteiger partial charge in [0.15, 0.2) is 0 Å². The predicted octanol–water partition coefficient (Wildman–Crippen LogP) is 3.99. The molecule has 1 amide bonds. The number of sulfonamides is 1. The van der Waals surface area contributed by atoms with Crippen LogP contribution in [0.1, 0.15) is 55.1 Å². The van der Waals surface area contributed by atoms with Crippen molar-refractivity contribution in [3.05, 3.63) is 65.7 Å². The molecule has 1 N–H and O–H groups in total. The summed E-state index contributed by atoms with van der Waals surface area (Å²) in [4.78, 5) is 14.9. The molecule has 6 heteroatoms. The highest BCUT2D eigenvalue weighted by Crippen LogP contribution is 2.22. The zero-order valence-electron chi connectivity index (χ0n) is 16.5. The molecule has 2 aromatic carbocycles. The van der Waals surface area contributed by atoms with Crippen molar-refractivity contribution in [3.63, 3.8) is 0 Å². The lowest BCUT2D eigenvalue weighted by Gasteiger charge is -2.32. The molecular formula is C22H28N2O3S. The molecule has 1 aliphatic rings. The molecule has 1 saturated heterocycles. The number of hydrogen-bond donors (Lipinski definition) is 1. The van der Waals surface area contributed by atoms with Gasteiger partial charge in [-0.1, -0.05) is 49.7 Å². The minimum Gasteiger partial charge on any atom is -0.338 e. The minimum atomic E-state index is -3.73. The Morgan fingerprint density at radius 1 is 1.18 bits per heavy atom. The van der Waals surface area contributed by atoms with E-state index in [2.05, 4.69) is 11.6 Å². The van der Waals surface area contributed by atoms with E-state index in [1.807, 2.05) is 35.2 Å². The molecule has 0 bridgehead atoms. The van der Waals surface area contributed by atoms with Crippen LogP contribution in [0.15, 0.2) is 59.5 Å². The zero-order chi connectivity index (χ0) is 20.1. The number of likely N-dealkylation sites (tertiary alicyclic amines) is 1. The van der Waals surface area contributed by atoms with Crippen molar-refractivity contribution in [1.82, 2.24) is 9.62 Å². The number of amides is 1. The molecule has 0 radical (unpaired) electrons. The van der Waals surface area contributed by atoms with Gasteiger partial charge in [0, 0.05) is 24.7 Å². The van der Waals surface area contributed by atoms with Gasteiger partial charge in [0.2, 0.25) is 10.0 Å². The molecule has 0 aromatic heterocycles. The first-order valence-corrected chi connectivity index (χ1v) is 11.4. The van der Waals surface area contributed by atoms with Crippen LogP contribution in [0.3, 0.4) is 0 Å². The fourth-order valence-electron chi connectivity index (χ4n) is 3.67. The number of piperidine rings is 1. The molecule has 150 valence electrons. The highest BCUT2D eigenvalue weighted by Gasteiger charge is 2.25. The molecule has 1 heterocycles. The lowest BCUT2D eigenvalue weighted by Crippen LogP contribution is -2.39. The van der Waals surface area contributed by atoms with Gasteiger partial charge in [0.1, 0.15) is 0 Å². The summed E-state index contributed by atoms with van der Waals surface area (Å²) in [5.41, 5.74) is 1.31. The van der Waals surface area contributed by atoms with Gasteiger partial charge >= 0.3 is 0 Å². The van der Waals surface area contributed by atoms with Gasteiger partial charge in [-0.2, -0.15) is 0 Å². The van der Waals surface area contributed by atoms with Gasteiger partial charge in [-0.05, 0) is 49.4 Å². The van der Waals surface area contributed by atoms with Crippen LogP contribution in [0.25, 0.3) is 0 Å². The van der Waals surface area contributed by atoms with Gasteiger partial charge in [0.05, 0.1) is 4.90 Å². The highest BCUT2D eigenvalue weighted by molar-refractivity contribution is 7.89. The number of nitrogens with one attached hydrogen (secondary N) is 1. The lowest BCUT2D eigenvalue weighted by atomic mass is 9.95. The molecular weight excluding hydrogens is 372 g/mol. The van der Waals surface area contributed by atoms with Crippen LogP contribution >= 0.6 is 0 Å². The van der Waals surface area contributed by atoms with E-state index >= 15 is 0 Å². The summed E-state index contributed by atoms with van der Waals surface area (Å²) in [5, 5.41) is 0. The van der Waals surface area contributed by atoms with Gasteiger partial charge in [-0.15, -0.1) is 0 Å². The van der Waals surface area contributed by atoms with Crippen molar-refractivity contribution in [3.8, 4) is 0 Å². The van der Waals surface area contributed by atoms with Crippen molar-refractivity contribution in [1.29, 1.82) is 0 Å². The summed E-state index contributed by atoms with van der Waals surface area (Å²) < 4.78 is 28.4. The second kappa shape index (κ2) is 8.88. The Balaban J connectivity index is 1.77. The van der Waals surface area contributed by atoms with E-state index in [-0.39, 0.29) is 16.8 Å². The average molecular weight is 401 g/mol. The summed E-state index contributed by atoms with van der Waals surface area (Å²) in [6.07, 6.45) is 3.20. The topological polar surface area (TPSA) is 66.5 Å². The van der Waals surface area contributed by atoms with E-state index in [0.717, 1.165) is 37.9 Å². The van der Waals surface area contributed by atoms with Crippen LogP contribution < -0.4 is 4.72 Å². The van der Waals surface area contributed by atoms with Crippen LogP contribution in [0.4, 0.5) is 0 Å². The molecule has 0 spiro atoms. The van der Waals surface area contributed by atoms with E-state index in [1.165, 1.54) is 12.1 Å². The Morgan fingerprint density at radius 3 is 2.64 bits per heavy atom. The second-order valence-electron chi connectivity index (χ2n) is 7.45. The van der Waals surface area contributed by atoms with Gasteiger partial charge in [-0.3, -0.25) is 4.79 Å². The molecule has 2 aromatic rings. The molecule has 5 nitrogen and oxygen atoms in total. The normalized spacial score (nSPS) is 18.6. The Morgan fingerprint density at radius 2 is 1.93 bits per heavy atom. The monoisotopic (exact) mass is 400 g/mol. The maximum Gasteiger partial charge on any atom is 0.253 e. The van der Waals surface area contributed by atoms with Crippen molar-refractivity contribution in [2.45, 2.75) is 44.0 Å². The number of rotatable bonds is 6. The van der Waals surface area contributed by atoms with Crippen molar-refractivity contribution in [2.24, 2.45) is 5.92 Å². The Labute approximate surface area is 167 Å². The van der Waals surface area contributed by atoms with Crippen molar-refractivity contribution < 1.29 is 13.2 Å². The molecule has 0 saturated carbocycles. The quantitative estimate of drug-likeness (QED) is 0.797. The van der Waals surface area contributed by atoms with Crippen LogP contribution in [0, 0.1) is 5.92 Å². The number of benzene rings is 2. The third kappa shape index (κ3) is 4.80. The highest BCUT2D eigenvalue weighted by atomic mass is 32.2. The van der Waals surface area contributed by atoms with E-state index in [1.54, 1.807) is 19.1 Å². The third-order valence-electron chi connectivity index (χ3n) is 5.41. The smallest absolute Gasteiger partial charge is 0.253 e. The molecule has 1 fully saturated rings. The summed E-state index contributed by atoms with van der Waals surface area (Å²) in [6.45, 7) is 5.43. The summed E-state index contributed by atoms with van der Waals surface area (Å²) >= 11 is 0. The number of carbonyl (C=O) groups excluding carboxylic acids is 1. The Kier molecular flexibility index (Phi) is 6.52. The summed E-state index contributed by atoms with van der Waals surface area (Å²) in [6, 6.07) is 15.4. The first-order chi connectivity index (χ1) is 13.4. The molecule has 28 heavy (non-hydrogen) atoms. The van der Waals surface area contributed by atoms with Crippen LogP contribution in [-0.4, -0.2) is 32.3 Å². The molecule has 0 aliphatic carbocycles. The molecule has 2 atom stereocenters. The minimum absolute atomic E-state index is 0.0914. The van der Waals surface area contributed by atoms with Gasteiger partial charge < -0.3 is 4.90 Å². The van der Waals surface area contributed by atoms with Crippen molar-refractivity contribution in [2.75, 3.05) is 13.1 Å². The number of hydrogen-bond acceptors (Lipinski definition) is 3. The fourth-order valence-corrected chi connectivity index (χ4v) is 4.95. The molecule has 1 aliphatic heterocycles. The molecule has 2 unspecified atom stereocenters. The first-order valence-electron chi connectivity index (χ1n) is 9.87. The number of carbonyl (C=O) groups is 1. The Bertz CT molecular complexity index is 912. The summed E-state index contributed by atoms with van der Waals surface area (Å²) in [5.74, 6) is 0.435. The Hall–Kier alpha value is -2.18. The fraction of sp³-hybridized carbons (Fsp3) is 0.409. The van der Waals surface area contributed by atoms with E-state index in [0.29, 0.717) is 11.5 Å². The average Bonchev–Trinajstić information content (AvgIpc) is 2.73. The molecule has 3 rings (SSSR count). The predicted molar refractivity (Wildman–Crippen MR) is 111 cm³/mol. The van der Waals surface area contributed by atoms with E-state index in [4.69, 9.17) is 0 Å². The van der Waals surface area contributed by atoms with Gasteiger partial charge in [0.25, 0.3) is 5.91 Å². The van der Waals surface area contributed by atoms with E-state index < -0.39 is 10.0 Å². The number of nitrogens with zero attached hydrogens (tertiary/aromatic N) is 1. The maximum atomic E-state index is 12.9. The zero-order valence-corrected chi connectivity index (χ0v) is 17.3. The largest absolute Gasteiger partial charge is 0.338 e. The second-order valence-corrected chi connectivity index (χ2v) is 9.16. The standard InChI is InChI=1S/C22H28N2O3S/c1-3-18-9-8-14-24(16-18)22(25)20-12-7-13-21(15-20)28(26,27)23-17(2)19-10-5-4-6-11-19/h4-7,10-13,15,17-18,23H,3,8-9,14,16H2,1-2H3.